The Bertz CT molecular complexity index is 532. The van der Waals surface area contributed by atoms with Crippen molar-refractivity contribution in [1.82, 2.24) is 4.90 Å². The van der Waals surface area contributed by atoms with Crippen LogP contribution in [0.25, 0.3) is 0 Å². The lowest BCUT2D eigenvalue weighted by atomic mass is 9.96. The molecule has 1 saturated heterocycles. The van der Waals surface area contributed by atoms with Gasteiger partial charge in [0.25, 0.3) is 5.91 Å². The summed E-state index contributed by atoms with van der Waals surface area (Å²) in [7, 11) is 0. The molecular formula is C14H15F3N2O2. The third-order valence-electron chi connectivity index (χ3n) is 3.66. The molecule has 21 heavy (non-hydrogen) atoms. The topological polar surface area (TPSA) is 63.4 Å². The fourth-order valence-electron chi connectivity index (χ4n) is 2.37. The fraction of sp³-hybridized carbons (Fsp3) is 0.429. The van der Waals surface area contributed by atoms with E-state index in [9.17, 15) is 22.8 Å². The first-order chi connectivity index (χ1) is 9.79. The van der Waals surface area contributed by atoms with Gasteiger partial charge in [-0.25, -0.2) is 0 Å². The smallest absolute Gasteiger partial charge is 0.366 e. The van der Waals surface area contributed by atoms with E-state index in [0.29, 0.717) is 5.56 Å². The maximum Gasteiger partial charge on any atom is 0.391 e. The van der Waals surface area contributed by atoms with Crippen molar-refractivity contribution < 1.29 is 22.8 Å². The van der Waals surface area contributed by atoms with Crippen LogP contribution in [0.2, 0.25) is 0 Å². The molecule has 1 aromatic carbocycles. The van der Waals surface area contributed by atoms with Gasteiger partial charge < -0.3 is 10.6 Å². The number of hydrogen-bond acceptors (Lipinski definition) is 2. The summed E-state index contributed by atoms with van der Waals surface area (Å²) in [4.78, 5) is 24.5. The lowest BCUT2D eigenvalue weighted by Gasteiger charge is -2.33. The molecule has 0 bridgehead atoms. The lowest BCUT2D eigenvalue weighted by molar-refractivity contribution is -0.183. The van der Waals surface area contributed by atoms with Gasteiger partial charge in [0.05, 0.1) is 5.92 Å². The van der Waals surface area contributed by atoms with Gasteiger partial charge in [-0.1, -0.05) is 0 Å². The van der Waals surface area contributed by atoms with Crippen LogP contribution in [0.3, 0.4) is 0 Å². The number of carbonyl (C=O) groups excluding carboxylic acids is 2. The molecule has 1 heterocycles. The highest BCUT2D eigenvalue weighted by Crippen LogP contribution is 2.34. The van der Waals surface area contributed by atoms with Crippen LogP contribution in [0, 0.1) is 5.92 Å². The summed E-state index contributed by atoms with van der Waals surface area (Å²) in [6.07, 6.45) is -4.35. The second kappa shape index (κ2) is 5.75. The number of amides is 2. The third-order valence-corrected chi connectivity index (χ3v) is 3.66. The summed E-state index contributed by atoms with van der Waals surface area (Å²) in [6, 6.07) is 5.77. The van der Waals surface area contributed by atoms with Crippen LogP contribution >= 0.6 is 0 Å². The molecule has 0 unspecified atom stereocenters. The number of primary amides is 1. The minimum Gasteiger partial charge on any atom is -0.366 e. The Balaban J connectivity index is 2.00. The van der Waals surface area contributed by atoms with E-state index in [1.807, 2.05) is 0 Å². The van der Waals surface area contributed by atoms with Crippen molar-refractivity contribution in [1.29, 1.82) is 0 Å². The molecule has 0 aliphatic carbocycles. The monoisotopic (exact) mass is 300 g/mol. The molecule has 1 aromatic rings. The Morgan fingerprint density at radius 2 is 1.52 bits per heavy atom. The van der Waals surface area contributed by atoms with Crippen LogP contribution in [0.1, 0.15) is 33.6 Å². The van der Waals surface area contributed by atoms with E-state index in [1.54, 1.807) is 0 Å². The molecule has 1 aliphatic heterocycles. The Labute approximate surface area is 119 Å². The number of carbonyl (C=O) groups is 2. The van der Waals surface area contributed by atoms with E-state index in [2.05, 4.69) is 0 Å². The van der Waals surface area contributed by atoms with Crippen LogP contribution in [0.5, 0.6) is 0 Å². The van der Waals surface area contributed by atoms with Crippen LogP contribution < -0.4 is 5.73 Å². The minimum atomic E-state index is -4.20. The van der Waals surface area contributed by atoms with Gasteiger partial charge in [-0.3, -0.25) is 9.59 Å². The van der Waals surface area contributed by atoms with Gasteiger partial charge in [-0.2, -0.15) is 13.2 Å². The summed E-state index contributed by atoms with van der Waals surface area (Å²) in [6.45, 7) is 0.168. The fourth-order valence-corrected chi connectivity index (χ4v) is 2.37. The van der Waals surface area contributed by atoms with Crippen molar-refractivity contribution in [3.05, 3.63) is 35.4 Å². The third kappa shape index (κ3) is 3.53. The van der Waals surface area contributed by atoms with E-state index in [4.69, 9.17) is 5.73 Å². The molecule has 114 valence electrons. The summed E-state index contributed by atoms with van der Waals surface area (Å²) in [5.41, 5.74) is 5.72. The number of nitrogens with two attached hydrogens (primary N) is 1. The van der Waals surface area contributed by atoms with Crippen molar-refractivity contribution in [2.75, 3.05) is 13.1 Å². The van der Waals surface area contributed by atoms with Crippen LogP contribution in [-0.4, -0.2) is 36.0 Å². The zero-order chi connectivity index (χ0) is 15.6. The van der Waals surface area contributed by atoms with E-state index in [1.165, 1.54) is 29.2 Å². The largest absolute Gasteiger partial charge is 0.391 e. The van der Waals surface area contributed by atoms with Gasteiger partial charge in [0.15, 0.2) is 0 Å². The van der Waals surface area contributed by atoms with E-state index in [-0.39, 0.29) is 37.4 Å². The Morgan fingerprint density at radius 3 is 1.95 bits per heavy atom. The summed E-state index contributed by atoms with van der Waals surface area (Å²) in [5, 5.41) is 0. The molecule has 1 fully saturated rings. The maximum atomic E-state index is 12.6. The number of hydrogen-bond donors (Lipinski definition) is 1. The summed E-state index contributed by atoms with van der Waals surface area (Å²) in [5.74, 6) is -2.26. The molecule has 2 amide bonds. The quantitative estimate of drug-likeness (QED) is 0.910. The Kier molecular flexibility index (Phi) is 4.20. The number of likely N-dealkylation sites (tertiary alicyclic amines) is 1. The molecule has 0 saturated carbocycles. The zero-order valence-electron chi connectivity index (χ0n) is 11.2. The predicted octanol–water partition coefficient (Wildman–Crippen LogP) is 2.20. The molecule has 0 atom stereocenters. The standard InChI is InChI=1S/C14H15F3N2O2/c15-14(16,17)11-5-7-19(8-6-11)13(21)10-3-1-9(2-4-10)12(18)20/h1-4,11H,5-8H2,(H2,18,20). The molecular weight excluding hydrogens is 285 g/mol. The normalized spacial score (nSPS) is 16.8. The van der Waals surface area contributed by atoms with E-state index in [0.717, 1.165) is 0 Å². The molecule has 2 rings (SSSR count). The summed E-state index contributed by atoms with van der Waals surface area (Å²) >= 11 is 0. The highest BCUT2D eigenvalue weighted by molar-refractivity contribution is 5.97. The molecule has 2 N–H and O–H groups in total. The SMILES string of the molecule is NC(=O)c1ccc(C(=O)N2CCC(C(F)(F)F)CC2)cc1. The van der Waals surface area contributed by atoms with Crippen molar-refractivity contribution in [3.8, 4) is 0 Å². The average Bonchev–Trinajstić information content (AvgIpc) is 2.46. The molecule has 0 aromatic heterocycles. The molecule has 1 aliphatic rings. The predicted molar refractivity (Wildman–Crippen MR) is 69.6 cm³/mol. The second-order valence-corrected chi connectivity index (χ2v) is 5.05. The zero-order valence-corrected chi connectivity index (χ0v) is 11.2. The van der Waals surface area contributed by atoms with Crippen LogP contribution in [-0.2, 0) is 0 Å². The lowest BCUT2D eigenvalue weighted by Crippen LogP contribution is -2.42. The number of halogens is 3. The Hall–Kier alpha value is -2.05. The number of rotatable bonds is 2. The van der Waals surface area contributed by atoms with Crippen LogP contribution in [0.15, 0.2) is 24.3 Å². The Morgan fingerprint density at radius 1 is 1.05 bits per heavy atom. The number of benzene rings is 1. The van der Waals surface area contributed by atoms with Crippen molar-refractivity contribution in [2.24, 2.45) is 11.7 Å². The first-order valence-corrected chi connectivity index (χ1v) is 6.55. The average molecular weight is 300 g/mol. The number of piperidine rings is 1. The van der Waals surface area contributed by atoms with Gasteiger partial charge >= 0.3 is 6.18 Å². The van der Waals surface area contributed by atoms with Crippen molar-refractivity contribution >= 4 is 11.8 Å². The van der Waals surface area contributed by atoms with E-state index < -0.39 is 18.0 Å². The minimum absolute atomic E-state index is 0.0748. The second-order valence-electron chi connectivity index (χ2n) is 5.05. The molecule has 0 radical (unpaired) electrons. The van der Waals surface area contributed by atoms with Crippen molar-refractivity contribution in [3.63, 3.8) is 0 Å². The molecule has 4 nitrogen and oxygen atoms in total. The van der Waals surface area contributed by atoms with Gasteiger partial charge in [0.1, 0.15) is 0 Å². The van der Waals surface area contributed by atoms with Crippen LogP contribution in [0.4, 0.5) is 13.2 Å². The maximum absolute atomic E-state index is 12.6. The highest BCUT2D eigenvalue weighted by Gasteiger charge is 2.41. The van der Waals surface area contributed by atoms with E-state index >= 15 is 0 Å². The highest BCUT2D eigenvalue weighted by atomic mass is 19.4. The summed E-state index contributed by atoms with van der Waals surface area (Å²) < 4.78 is 37.7. The van der Waals surface area contributed by atoms with Gasteiger partial charge in [0, 0.05) is 24.2 Å². The molecule has 0 spiro atoms. The first kappa shape index (κ1) is 15.3. The van der Waals surface area contributed by atoms with Gasteiger partial charge in [-0.05, 0) is 37.1 Å². The number of nitrogens with zero attached hydrogens (tertiary/aromatic N) is 1. The van der Waals surface area contributed by atoms with Gasteiger partial charge in [0.2, 0.25) is 5.91 Å². The first-order valence-electron chi connectivity index (χ1n) is 6.55. The van der Waals surface area contributed by atoms with Gasteiger partial charge in [-0.15, -0.1) is 0 Å². The van der Waals surface area contributed by atoms with Crippen molar-refractivity contribution in [2.45, 2.75) is 19.0 Å². The molecule has 7 heteroatoms. The number of alkyl halides is 3.